The molecular weight excluding hydrogens is 307 g/mol. The van der Waals surface area contributed by atoms with Crippen molar-refractivity contribution in [3.05, 3.63) is 33.8 Å². The molecule has 0 spiro atoms. The average Bonchev–Trinajstić information content (AvgIpc) is 2.37. The summed E-state index contributed by atoms with van der Waals surface area (Å²) >= 11 is 11.8. The summed E-state index contributed by atoms with van der Waals surface area (Å²) in [6.07, 6.45) is 2.98. The van der Waals surface area contributed by atoms with E-state index >= 15 is 0 Å². The highest BCUT2D eigenvalue weighted by atomic mass is 35.5. The first kappa shape index (κ1) is 18.5. The molecule has 0 heterocycles. The van der Waals surface area contributed by atoms with Gasteiger partial charge in [0, 0.05) is 17.6 Å². The molecule has 1 aromatic rings. The number of carbonyl (C=O) groups excluding carboxylic acids is 1. The predicted molar refractivity (Wildman–Crippen MR) is 83.5 cm³/mol. The molecule has 0 aromatic heterocycles. The Bertz CT molecular complexity index is 413. The van der Waals surface area contributed by atoms with Gasteiger partial charge in [-0.25, -0.2) is 0 Å². The molecular formula is C13H19Cl3N2O. The number of hydrogen-bond acceptors (Lipinski definition) is 2. The van der Waals surface area contributed by atoms with Crippen molar-refractivity contribution in [2.24, 2.45) is 5.73 Å². The largest absolute Gasteiger partial charge is 0.348 e. The Labute approximate surface area is 130 Å². The van der Waals surface area contributed by atoms with Crippen molar-refractivity contribution in [1.82, 2.24) is 5.32 Å². The van der Waals surface area contributed by atoms with Gasteiger partial charge in [-0.2, -0.15) is 0 Å². The molecule has 3 N–H and O–H groups in total. The molecule has 0 bridgehead atoms. The Balaban J connectivity index is 0.00000324. The monoisotopic (exact) mass is 324 g/mol. The van der Waals surface area contributed by atoms with Crippen LogP contribution >= 0.6 is 35.6 Å². The number of unbranched alkanes of at least 4 members (excludes halogenated alkanes) is 1. The van der Waals surface area contributed by atoms with Crippen molar-refractivity contribution in [2.45, 2.75) is 32.2 Å². The number of nitrogens with two attached hydrogens (primary N) is 1. The van der Waals surface area contributed by atoms with E-state index in [0.717, 1.165) is 19.3 Å². The smallest absolute Gasteiger partial charge is 0.253 e. The standard InChI is InChI=1S/C13H18Cl2N2O.ClH/c1-2-3-4-10(8-16)17-13(18)11-7-9(14)5-6-12(11)15;/h5-7,10H,2-4,8,16H2,1H3,(H,17,18);1H. The van der Waals surface area contributed by atoms with Gasteiger partial charge in [0.1, 0.15) is 0 Å². The summed E-state index contributed by atoms with van der Waals surface area (Å²) in [5.74, 6) is -0.228. The lowest BCUT2D eigenvalue weighted by atomic mass is 10.1. The maximum atomic E-state index is 12.0. The Kier molecular flexibility index (Phi) is 9.19. The van der Waals surface area contributed by atoms with E-state index in [4.69, 9.17) is 28.9 Å². The van der Waals surface area contributed by atoms with Crippen LogP contribution in [0.3, 0.4) is 0 Å². The number of amides is 1. The lowest BCUT2D eigenvalue weighted by Crippen LogP contribution is -2.40. The van der Waals surface area contributed by atoms with Crippen molar-refractivity contribution in [3.63, 3.8) is 0 Å². The average molecular weight is 326 g/mol. The number of halogens is 3. The molecule has 1 aromatic carbocycles. The highest BCUT2D eigenvalue weighted by molar-refractivity contribution is 6.35. The van der Waals surface area contributed by atoms with Crippen LogP contribution in [0.2, 0.25) is 10.0 Å². The number of carbonyl (C=O) groups is 1. The summed E-state index contributed by atoms with van der Waals surface area (Å²) in [6, 6.07) is 4.81. The summed E-state index contributed by atoms with van der Waals surface area (Å²) in [7, 11) is 0. The zero-order chi connectivity index (χ0) is 13.5. The van der Waals surface area contributed by atoms with E-state index in [-0.39, 0.29) is 24.4 Å². The quantitative estimate of drug-likeness (QED) is 0.838. The fraction of sp³-hybridized carbons (Fsp3) is 0.462. The Morgan fingerprint density at radius 2 is 2.11 bits per heavy atom. The summed E-state index contributed by atoms with van der Waals surface area (Å²) in [4.78, 5) is 12.0. The first-order valence-electron chi connectivity index (χ1n) is 6.04. The molecule has 108 valence electrons. The fourth-order valence-electron chi connectivity index (χ4n) is 1.63. The van der Waals surface area contributed by atoms with Crippen LogP contribution in [0.25, 0.3) is 0 Å². The maximum Gasteiger partial charge on any atom is 0.253 e. The first-order valence-corrected chi connectivity index (χ1v) is 6.80. The van der Waals surface area contributed by atoms with Crippen LogP contribution in [0.1, 0.15) is 36.5 Å². The van der Waals surface area contributed by atoms with Crippen LogP contribution < -0.4 is 11.1 Å². The molecule has 19 heavy (non-hydrogen) atoms. The van der Waals surface area contributed by atoms with Gasteiger partial charge in [-0.15, -0.1) is 12.4 Å². The second-order valence-electron chi connectivity index (χ2n) is 4.17. The SMILES string of the molecule is CCCCC(CN)NC(=O)c1cc(Cl)ccc1Cl.Cl. The maximum absolute atomic E-state index is 12.0. The minimum absolute atomic E-state index is 0. The molecule has 1 unspecified atom stereocenters. The van der Waals surface area contributed by atoms with Crippen molar-refractivity contribution in [1.29, 1.82) is 0 Å². The third-order valence-corrected chi connectivity index (χ3v) is 3.26. The number of rotatable bonds is 6. The second-order valence-corrected chi connectivity index (χ2v) is 5.02. The minimum atomic E-state index is -0.228. The summed E-state index contributed by atoms with van der Waals surface area (Å²) in [5.41, 5.74) is 6.02. The van der Waals surface area contributed by atoms with E-state index in [2.05, 4.69) is 12.2 Å². The normalized spacial score (nSPS) is 11.6. The van der Waals surface area contributed by atoms with Crippen molar-refractivity contribution in [3.8, 4) is 0 Å². The van der Waals surface area contributed by atoms with Crippen LogP contribution in [0.5, 0.6) is 0 Å². The van der Waals surface area contributed by atoms with Gasteiger partial charge in [0.05, 0.1) is 10.6 Å². The minimum Gasteiger partial charge on any atom is -0.348 e. The zero-order valence-electron chi connectivity index (χ0n) is 10.8. The van der Waals surface area contributed by atoms with Crippen LogP contribution in [-0.2, 0) is 0 Å². The van der Waals surface area contributed by atoms with Crippen LogP contribution in [0.4, 0.5) is 0 Å². The molecule has 0 saturated carbocycles. The van der Waals surface area contributed by atoms with Crippen LogP contribution in [0.15, 0.2) is 18.2 Å². The van der Waals surface area contributed by atoms with Gasteiger partial charge < -0.3 is 11.1 Å². The number of benzene rings is 1. The van der Waals surface area contributed by atoms with E-state index in [0.29, 0.717) is 22.2 Å². The predicted octanol–water partition coefficient (Wildman–Crippen LogP) is 3.66. The van der Waals surface area contributed by atoms with E-state index in [9.17, 15) is 4.79 Å². The topological polar surface area (TPSA) is 55.1 Å². The third kappa shape index (κ3) is 6.00. The molecule has 1 atom stereocenters. The lowest BCUT2D eigenvalue weighted by molar-refractivity contribution is 0.0936. The van der Waals surface area contributed by atoms with Crippen molar-refractivity contribution in [2.75, 3.05) is 6.54 Å². The molecule has 0 aliphatic heterocycles. The van der Waals surface area contributed by atoms with Gasteiger partial charge in [0.15, 0.2) is 0 Å². The van der Waals surface area contributed by atoms with Crippen molar-refractivity contribution < 1.29 is 4.79 Å². The van der Waals surface area contributed by atoms with Gasteiger partial charge in [-0.05, 0) is 24.6 Å². The summed E-state index contributed by atoms with van der Waals surface area (Å²) < 4.78 is 0. The van der Waals surface area contributed by atoms with Gasteiger partial charge in [-0.1, -0.05) is 43.0 Å². The molecule has 0 radical (unpaired) electrons. The fourth-order valence-corrected chi connectivity index (χ4v) is 2.01. The Morgan fingerprint density at radius 3 is 2.68 bits per heavy atom. The highest BCUT2D eigenvalue weighted by Crippen LogP contribution is 2.20. The van der Waals surface area contributed by atoms with Crippen LogP contribution in [0, 0.1) is 0 Å². The van der Waals surface area contributed by atoms with Crippen molar-refractivity contribution >= 4 is 41.5 Å². The molecule has 1 amide bonds. The number of hydrogen-bond donors (Lipinski definition) is 2. The Morgan fingerprint density at radius 1 is 1.42 bits per heavy atom. The zero-order valence-corrected chi connectivity index (χ0v) is 13.1. The third-order valence-electron chi connectivity index (χ3n) is 2.70. The molecule has 0 fully saturated rings. The molecule has 0 aliphatic carbocycles. The molecule has 1 rings (SSSR count). The van der Waals surface area contributed by atoms with E-state index < -0.39 is 0 Å². The molecule has 3 nitrogen and oxygen atoms in total. The summed E-state index contributed by atoms with van der Waals surface area (Å²) in [5, 5.41) is 3.76. The van der Waals surface area contributed by atoms with Gasteiger partial charge in [-0.3, -0.25) is 4.79 Å². The molecule has 0 aliphatic rings. The molecule has 6 heteroatoms. The van der Waals surface area contributed by atoms with Gasteiger partial charge in [0.25, 0.3) is 5.91 Å². The Hall–Kier alpha value is -0.480. The summed E-state index contributed by atoms with van der Waals surface area (Å²) in [6.45, 7) is 2.52. The second kappa shape index (κ2) is 9.43. The lowest BCUT2D eigenvalue weighted by Gasteiger charge is -2.17. The molecule has 0 saturated heterocycles. The van der Waals surface area contributed by atoms with E-state index in [1.165, 1.54) is 0 Å². The van der Waals surface area contributed by atoms with E-state index in [1.807, 2.05) is 0 Å². The highest BCUT2D eigenvalue weighted by Gasteiger charge is 2.15. The van der Waals surface area contributed by atoms with Gasteiger partial charge >= 0.3 is 0 Å². The first-order chi connectivity index (χ1) is 8.58. The van der Waals surface area contributed by atoms with Crippen LogP contribution in [-0.4, -0.2) is 18.5 Å². The number of nitrogens with one attached hydrogen (secondary N) is 1. The van der Waals surface area contributed by atoms with Gasteiger partial charge in [0.2, 0.25) is 0 Å². The van der Waals surface area contributed by atoms with E-state index in [1.54, 1.807) is 18.2 Å².